The molecule has 3 rings (SSSR count). The number of aryl methyl sites for hydroxylation is 2. The molecule has 0 aliphatic heterocycles. The van der Waals surface area contributed by atoms with Crippen LogP contribution < -0.4 is 0 Å². The van der Waals surface area contributed by atoms with Gasteiger partial charge in [-0.2, -0.15) is 0 Å². The Morgan fingerprint density at radius 3 is 2.46 bits per heavy atom. The fourth-order valence-corrected chi connectivity index (χ4v) is 6.63. The monoisotopic (exact) mass is 564 g/mol. The topological polar surface area (TPSA) is 107 Å². The van der Waals surface area contributed by atoms with Gasteiger partial charge in [0.25, 0.3) is 0 Å². The van der Waals surface area contributed by atoms with Crippen LogP contribution in [0, 0.1) is 11.8 Å². The van der Waals surface area contributed by atoms with E-state index in [4.69, 9.17) is 44.6 Å². The predicted molar refractivity (Wildman–Crippen MR) is 139 cm³/mol. The number of rotatable bonds is 12. The Morgan fingerprint density at radius 1 is 1.06 bits per heavy atom. The fraction of sp³-hybridized carbons (Fsp3) is 0.560. The molecule has 1 heterocycles. The highest BCUT2D eigenvalue weighted by molar-refractivity contribution is 7.13. The van der Waals surface area contributed by atoms with Gasteiger partial charge >= 0.3 is 5.97 Å². The van der Waals surface area contributed by atoms with Gasteiger partial charge in [0.1, 0.15) is 23.7 Å². The molecule has 2 aromatic rings. The minimum atomic E-state index is -1.35. The van der Waals surface area contributed by atoms with Crippen molar-refractivity contribution in [3.63, 3.8) is 0 Å². The highest BCUT2D eigenvalue weighted by Crippen LogP contribution is 2.42. The van der Waals surface area contributed by atoms with Gasteiger partial charge in [-0.3, -0.25) is 0 Å². The zero-order chi connectivity index (χ0) is 25.5. The van der Waals surface area contributed by atoms with Crippen molar-refractivity contribution in [1.29, 1.82) is 0 Å². The Hall–Kier alpha value is -0.900. The van der Waals surface area contributed by atoms with E-state index in [2.05, 4.69) is 0 Å². The molecule has 6 atom stereocenters. The normalized spacial score (nSPS) is 23.9. The van der Waals surface area contributed by atoms with Crippen molar-refractivity contribution in [1.82, 2.24) is 0 Å². The summed E-state index contributed by atoms with van der Waals surface area (Å²) in [5.74, 6) is -0.277. The Balaban J connectivity index is 1.48. The lowest BCUT2D eigenvalue weighted by Crippen LogP contribution is -2.34. The van der Waals surface area contributed by atoms with E-state index in [9.17, 15) is 20.1 Å². The van der Waals surface area contributed by atoms with Crippen molar-refractivity contribution in [2.45, 2.75) is 62.2 Å². The Labute approximate surface area is 224 Å². The maximum atomic E-state index is 12.2. The van der Waals surface area contributed by atoms with Crippen LogP contribution in [0.5, 0.6) is 0 Å². The highest BCUT2D eigenvalue weighted by Gasteiger charge is 2.40. The second-order valence-electron chi connectivity index (χ2n) is 9.04. The van der Waals surface area contributed by atoms with Crippen molar-refractivity contribution in [3.05, 3.63) is 55.7 Å². The molecular weight excluding hydrogens is 535 g/mol. The van der Waals surface area contributed by atoms with Crippen LogP contribution in [0.2, 0.25) is 10.0 Å². The Bertz CT molecular complexity index is 950. The highest BCUT2D eigenvalue weighted by atomic mass is 35.5. The van der Waals surface area contributed by atoms with Crippen LogP contribution in [-0.2, 0) is 17.6 Å². The van der Waals surface area contributed by atoms with Crippen molar-refractivity contribution < 1.29 is 30.0 Å². The molecule has 0 saturated heterocycles. The molecule has 194 valence electrons. The van der Waals surface area contributed by atoms with Crippen molar-refractivity contribution >= 4 is 52.1 Å². The summed E-state index contributed by atoms with van der Waals surface area (Å²) in [5.41, 5.74) is 1.04. The maximum Gasteiger partial charge on any atom is 0.348 e. The van der Waals surface area contributed by atoms with Crippen molar-refractivity contribution in [3.8, 4) is 0 Å². The third-order valence-electron chi connectivity index (χ3n) is 6.50. The van der Waals surface area contributed by atoms with E-state index in [-0.39, 0.29) is 17.2 Å². The summed E-state index contributed by atoms with van der Waals surface area (Å²) in [5, 5.41) is 39.5. The number of carbonyl (C=O) groups is 1. The number of aliphatic hydroxyl groups excluding tert-OH is 4. The lowest BCUT2D eigenvalue weighted by Gasteiger charge is -2.23. The van der Waals surface area contributed by atoms with Crippen LogP contribution in [0.1, 0.15) is 45.8 Å². The summed E-state index contributed by atoms with van der Waals surface area (Å²) >= 11 is 20.2. The molecule has 1 fully saturated rings. The number of ether oxygens (including phenoxy) is 1. The van der Waals surface area contributed by atoms with Gasteiger partial charge in [0.2, 0.25) is 0 Å². The molecular formula is C25H31Cl3O6S. The van der Waals surface area contributed by atoms with E-state index in [0.717, 1.165) is 42.5 Å². The summed E-state index contributed by atoms with van der Waals surface area (Å²) in [6.07, 6.45) is 1.55. The van der Waals surface area contributed by atoms with Crippen molar-refractivity contribution in [2.24, 2.45) is 11.8 Å². The number of esters is 1. The lowest BCUT2D eigenvalue weighted by atomic mass is 9.85. The third kappa shape index (κ3) is 8.30. The van der Waals surface area contributed by atoms with Gasteiger partial charge in [-0.1, -0.05) is 23.2 Å². The van der Waals surface area contributed by atoms with E-state index >= 15 is 0 Å². The second kappa shape index (κ2) is 13.6. The average molecular weight is 566 g/mol. The number of aliphatic hydroxyl groups is 4. The molecule has 4 N–H and O–H groups in total. The molecule has 1 aliphatic carbocycles. The number of thiophene rings is 1. The smallest absolute Gasteiger partial charge is 0.348 e. The first-order valence-electron chi connectivity index (χ1n) is 11.7. The molecule has 0 radical (unpaired) electrons. The maximum absolute atomic E-state index is 12.2. The zero-order valence-electron chi connectivity index (χ0n) is 19.2. The zero-order valence-corrected chi connectivity index (χ0v) is 22.2. The molecule has 0 bridgehead atoms. The molecule has 6 nitrogen and oxygen atoms in total. The predicted octanol–water partition coefficient (Wildman–Crippen LogP) is 4.49. The van der Waals surface area contributed by atoms with Crippen LogP contribution >= 0.6 is 46.1 Å². The summed E-state index contributed by atoms with van der Waals surface area (Å²) < 4.78 is 5.02. The number of alkyl halides is 1. The molecule has 0 amide bonds. The van der Waals surface area contributed by atoms with Gasteiger partial charge in [0.15, 0.2) is 0 Å². The molecule has 0 spiro atoms. The standard InChI is InChI=1S/C25H31Cl3O6S/c26-15-8-14(9-16(27)10-15)4-6-19-18(20(28)11-21(19)30)3-1-2-17-5-7-24(35-17)25(33)34-13-23(32)22(31)12-29/h5,7-10,18-23,29-32H,1-4,6,11-13H2/t18-,19-,20-,21-,22-,23-/m1/s1. The van der Waals surface area contributed by atoms with Crippen LogP contribution in [0.3, 0.4) is 0 Å². The number of benzene rings is 1. The minimum absolute atomic E-state index is 0.0764. The Morgan fingerprint density at radius 2 is 1.77 bits per heavy atom. The molecule has 35 heavy (non-hydrogen) atoms. The average Bonchev–Trinajstić information content (AvgIpc) is 3.38. The molecule has 1 aromatic heterocycles. The summed E-state index contributed by atoms with van der Waals surface area (Å²) in [6, 6.07) is 9.06. The molecule has 0 unspecified atom stereocenters. The van der Waals surface area contributed by atoms with Crippen LogP contribution in [-0.4, -0.2) is 63.3 Å². The van der Waals surface area contributed by atoms with E-state index in [1.54, 1.807) is 12.1 Å². The number of carbonyl (C=O) groups excluding carboxylic acids is 1. The number of halogens is 3. The van der Waals surface area contributed by atoms with Gasteiger partial charge in [-0.25, -0.2) is 4.79 Å². The van der Waals surface area contributed by atoms with E-state index in [1.807, 2.05) is 18.2 Å². The SMILES string of the molecule is O=C(OC[C@@H](O)[C@H](O)CO)c1ccc(CCC[C@@H]2[C@@H](CCc3cc(Cl)cc(Cl)c3)[C@H](O)C[C@H]2Cl)s1. The van der Waals surface area contributed by atoms with Gasteiger partial charge in [0.05, 0.1) is 12.7 Å². The molecule has 10 heteroatoms. The first-order valence-corrected chi connectivity index (χ1v) is 13.7. The third-order valence-corrected chi connectivity index (χ3v) is 8.57. The van der Waals surface area contributed by atoms with E-state index < -0.39 is 37.5 Å². The molecule has 1 saturated carbocycles. The molecule has 1 aliphatic rings. The number of hydrogen-bond donors (Lipinski definition) is 4. The first-order chi connectivity index (χ1) is 16.7. The fourth-order valence-electron chi connectivity index (χ4n) is 4.62. The van der Waals surface area contributed by atoms with E-state index in [1.165, 1.54) is 11.3 Å². The van der Waals surface area contributed by atoms with Gasteiger partial charge in [0, 0.05) is 20.3 Å². The second-order valence-corrected chi connectivity index (χ2v) is 11.6. The van der Waals surface area contributed by atoms with Gasteiger partial charge in [-0.15, -0.1) is 22.9 Å². The van der Waals surface area contributed by atoms with Crippen LogP contribution in [0.25, 0.3) is 0 Å². The van der Waals surface area contributed by atoms with Gasteiger partial charge < -0.3 is 25.2 Å². The quantitative estimate of drug-likeness (QED) is 0.223. The van der Waals surface area contributed by atoms with Crippen LogP contribution in [0.4, 0.5) is 0 Å². The van der Waals surface area contributed by atoms with Gasteiger partial charge in [-0.05, 0) is 86.3 Å². The summed E-state index contributed by atoms with van der Waals surface area (Å²) in [4.78, 5) is 13.6. The Kier molecular flexibility index (Phi) is 11.1. The van der Waals surface area contributed by atoms with E-state index in [0.29, 0.717) is 21.3 Å². The summed E-state index contributed by atoms with van der Waals surface area (Å²) in [6.45, 7) is -1.00. The van der Waals surface area contributed by atoms with Crippen molar-refractivity contribution in [2.75, 3.05) is 13.2 Å². The summed E-state index contributed by atoms with van der Waals surface area (Å²) in [7, 11) is 0. The first kappa shape index (κ1) is 28.7. The van der Waals surface area contributed by atoms with Crippen LogP contribution in [0.15, 0.2) is 30.3 Å². The minimum Gasteiger partial charge on any atom is -0.459 e. The lowest BCUT2D eigenvalue weighted by molar-refractivity contribution is -0.0466. The molecule has 1 aromatic carbocycles. The largest absolute Gasteiger partial charge is 0.459 e. The number of hydrogen-bond acceptors (Lipinski definition) is 7.